The number of hydrogen-bond donors (Lipinski definition) is 1. The average molecular weight is 641 g/mol. The molecule has 1 amide bonds. The van der Waals surface area contributed by atoms with Gasteiger partial charge in [-0.2, -0.15) is 0 Å². The van der Waals surface area contributed by atoms with Gasteiger partial charge in [-0.25, -0.2) is 0 Å². The van der Waals surface area contributed by atoms with Crippen LogP contribution in [0.5, 0.6) is 0 Å². The number of amides is 1. The van der Waals surface area contributed by atoms with Crippen LogP contribution in [-0.4, -0.2) is 12.5 Å². The molecule has 5 aromatic carbocycles. The summed E-state index contributed by atoms with van der Waals surface area (Å²) >= 11 is 0. The largest absolute Gasteiger partial charge is 0.352 e. The van der Waals surface area contributed by atoms with Gasteiger partial charge in [-0.15, -0.1) is 0 Å². The van der Waals surface area contributed by atoms with E-state index in [9.17, 15) is 0 Å². The van der Waals surface area contributed by atoms with Crippen LogP contribution < -0.4 is 21.2 Å². The second-order valence-electron chi connectivity index (χ2n) is 12.6. The van der Waals surface area contributed by atoms with Crippen molar-refractivity contribution in [3.8, 4) is 0 Å². The highest BCUT2D eigenvalue weighted by Crippen LogP contribution is 2.72. The first kappa shape index (κ1) is 34.3. The fourth-order valence-corrected chi connectivity index (χ4v) is 12.6. The van der Waals surface area contributed by atoms with Crippen LogP contribution in [0.25, 0.3) is 0 Å². The van der Waals surface area contributed by atoms with Gasteiger partial charge in [0.2, 0.25) is 5.16 Å². The fourth-order valence-electron chi connectivity index (χ4n) is 7.25. The lowest BCUT2D eigenvalue weighted by Crippen LogP contribution is -2.55. The molecular weight excluding hydrogens is 589 g/mol. The van der Waals surface area contributed by atoms with E-state index in [-0.39, 0.29) is 5.91 Å². The van der Waals surface area contributed by atoms with Gasteiger partial charge in [0.1, 0.15) is 23.2 Å². The van der Waals surface area contributed by atoms with E-state index in [4.69, 9.17) is 0 Å². The molecule has 0 saturated heterocycles. The van der Waals surface area contributed by atoms with Crippen LogP contribution in [0.15, 0.2) is 152 Å². The smallest absolute Gasteiger partial charge is 0.274 e. The molecule has 2 nitrogen and oxygen atoms in total. The van der Waals surface area contributed by atoms with Gasteiger partial charge in [0.15, 0.2) is 0 Å². The van der Waals surface area contributed by atoms with Crippen LogP contribution in [0.2, 0.25) is 0 Å². The minimum atomic E-state index is -2.79. The van der Waals surface area contributed by atoms with Crippen molar-refractivity contribution in [2.45, 2.75) is 76.3 Å². The molecule has 0 bridgehead atoms. The Kier molecular flexibility index (Phi) is 13.0. The standard InChI is InChI=1S/C44H50NOP/c1-2-3-4-5-6-7-8-9-10-26-37-45-43(46)44(38-27-16-11-17-28-38,39-29-18-12-19-30-39)47(40-31-20-13-21-32-40,41-33-22-14-23-34-41)42-35-24-15-25-36-42/h11-25,27-36H,2-10,26,37H2,1H3/p+1. The predicted molar refractivity (Wildman–Crippen MR) is 204 cm³/mol. The summed E-state index contributed by atoms with van der Waals surface area (Å²) in [6.07, 6.45) is 12.7. The lowest BCUT2D eigenvalue weighted by molar-refractivity contribution is -0.122. The van der Waals surface area contributed by atoms with Crippen molar-refractivity contribution in [2.75, 3.05) is 6.54 Å². The summed E-state index contributed by atoms with van der Waals surface area (Å²) in [6, 6.07) is 53.5. The number of hydrogen-bond acceptors (Lipinski definition) is 1. The minimum absolute atomic E-state index is 0.0655. The van der Waals surface area contributed by atoms with Crippen molar-refractivity contribution in [3.63, 3.8) is 0 Å². The molecule has 0 atom stereocenters. The van der Waals surface area contributed by atoms with Crippen molar-refractivity contribution in [1.82, 2.24) is 5.32 Å². The van der Waals surface area contributed by atoms with E-state index in [0.717, 1.165) is 24.0 Å². The third kappa shape index (κ3) is 7.61. The van der Waals surface area contributed by atoms with E-state index < -0.39 is 12.4 Å². The molecular formula is C44H51NOP+. The molecule has 0 radical (unpaired) electrons. The predicted octanol–water partition coefficient (Wildman–Crippen LogP) is 9.96. The number of nitrogens with one attached hydrogen (secondary N) is 1. The molecule has 0 spiro atoms. The molecule has 0 unspecified atom stereocenters. The van der Waals surface area contributed by atoms with Crippen LogP contribution >= 0.6 is 7.26 Å². The fraction of sp³-hybridized carbons (Fsp3) is 0.295. The van der Waals surface area contributed by atoms with Crippen LogP contribution in [0.4, 0.5) is 0 Å². The van der Waals surface area contributed by atoms with E-state index in [2.05, 4.69) is 164 Å². The van der Waals surface area contributed by atoms with Gasteiger partial charge in [-0.1, -0.05) is 180 Å². The van der Waals surface area contributed by atoms with Crippen molar-refractivity contribution in [2.24, 2.45) is 0 Å². The van der Waals surface area contributed by atoms with Gasteiger partial charge in [0, 0.05) is 17.7 Å². The Balaban J connectivity index is 1.61. The Morgan fingerprint density at radius 1 is 0.468 bits per heavy atom. The normalized spacial score (nSPS) is 11.7. The summed E-state index contributed by atoms with van der Waals surface area (Å²) in [6.45, 7) is 2.93. The van der Waals surface area contributed by atoms with E-state index in [1.54, 1.807) is 0 Å². The first-order valence-corrected chi connectivity index (χ1v) is 19.5. The van der Waals surface area contributed by atoms with E-state index in [1.165, 1.54) is 67.3 Å². The van der Waals surface area contributed by atoms with Gasteiger partial charge in [0.05, 0.1) is 0 Å². The lowest BCUT2D eigenvalue weighted by atomic mass is 9.89. The number of carbonyl (C=O) groups is 1. The SMILES string of the molecule is CCCCCCCCCCCCNC(=O)C(c1ccccc1)(c1ccccc1)[P+](c1ccccc1)(c1ccccc1)c1ccccc1. The maximum absolute atomic E-state index is 15.6. The van der Waals surface area contributed by atoms with Gasteiger partial charge < -0.3 is 5.32 Å². The molecule has 0 heterocycles. The molecule has 1 N–H and O–H groups in total. The maximum Gasteiger partial charge on any atom is 0.274 e. The zero-order chi connectivity index (χ0) is 32.6. The Labute approximate surface area is 284 Å². The highest BCUT2D eigenvalue weighted by molar-refractivity contribution is 7.97. The molecule has 0 saturated carbocycles. The summed E-state index contributed by atoms with van der Waals surface area (Å²) in [5.74, 6) is 0.0655. The van der Waals surface area contributed by atoms with Gasteiger partial charge in [0.25, 0.3) is 5.91 Å². The molecule has 5 aromatic rings. The maximum atomic E-state index is 15.6. The monoisotopic (exact) mass is 640 g/mol. The molecule has 242 valence electrons. The second-order valence-corrected chi connectivity index (χ2v) is 16.1. The van der Waals surface area contributed by atoms with Crippen LogP contribution in [0.3, 0.4) is 0 Å². The van der Waals surface area contributed by atoms with Gasteiger partial charge in [-0.3, -0.25) is 4.79 Å². The Bertz CT molecular complexity index is 1450. The zero-order valence-corrected chi connectivity index (χ0v) is 29.0. The highest BCUT2D eigenvalue weighted by Gasteiger charge is 2.68. The highest BCUT2D eigenvalue weighted by atomic mass is 31.2. The summed E-state index contributed by atoms with van der Waals surface area (Å²) in [5.41, 5.74) is 2.02. The molecule has 0 aliphatic carbocycles. The molecule has 0 fully saturated rings. The lowest BCUT2D eigenvalue weighted by Gasteiger charge is -2.44. The minimum Gasteiger partial charge on any atom is -0.352 e. The third-order valence-corrected chi connectivity index (χ3v) is 14.4. The summed E-state index contributed by atoms with van der Waals surface area (Å²) in [5, 5.41) is 6.06. The van der Waals surface area contributed by atoms with Crippen molar-refractivity contribution in [3.05, 3.63) is 163 Å². The van der Waals surface area contributed by atoms with Crippen LogP contribution in [0.1, 0.15) is 82.3 Å². The van der Waals surface area contributed by atoms with Crippen molar-refractivity contribution >= 4 is 29.1 Å². The molecule has 5 rings (SSSR count). The third-order valence-electron chi connectivity index (χ3n) is 9.46. The average Bonchev–Trinajstić information content (AvgIpc) is 3.14. The van der Waals surface area contributed by atoms with E-state index in [1.807, 2.05) is 0 Å². The second kappa shape index (κ2) is 17.8. The van der Waals surface area contributed by atoms with Crippen LogP contribution in [-0.2, 0) is 9.95 Å². The molecule has 47 heavy (non-hydrogen) atoms. The van der Waals surface area contributed by atoms with Gasteiger partial charge in [-0.05, 0) is 42.8 Å². The molecule has 3 heteroatoms. The number of carbonyl (C=O) groups excluding carboxylic acids is 1. The first-order chi connectivity index (χ1) is 23.3. The summed E-state index contributed by atoms with van der Waals surface area (Å²) in [7, 11) is -2.79. The number of unbranched alkanes of at least 4 members (excludes halogenated alkanes) is 9. The number of rotatable bonds is 18. The summed E-state index contributed by atoms with van der Waals surface area (Å²) in [4.78, 5) is 15.6. The van der Waals surface area contributed by atoms with E-state index >= 15 is 4.79 Å². The molecule has 0 aliphatic rings. The van der Waals surface area contributed by atoms with Gasteiger partial charge >= 0.3 is 0 Å². The van der Waals surface area contributed by atoms with E-state index in [0.29, 0.717) is 6.54 Å². The Morgan fingerprint density at radius 2 is 0.787 bits per heavy atom. The molecule has 0 aromatic heterocycles. The van der Waals surface area contributed by atoms with Crippen molar-refractivity contribution in [1.29, 1.82) is 0 Å². The Hall–Kier alpha value is -4.00. The Morgan fingerprint density at radius 3 is 1.15 bits per heavy atom. The van der Waals surface area contributed by atoms with Crippen molar-refractivity contribution < 1.29 is 4.79 Å². The topological polar surface area (TPSA) is 29.1 Å². The quantitative estimate of drug-likeness (QED) is 0.0750. The zero-order valence-electron chi connectivity index (χ0n) is 28.1. The summed E-state index contributed by atoms with van der Waals surface area (Å²) < 4.78 is 0. The molecule has 0 aliphatic heterocycles. The van der Waals surface area contributed by atoms with Crippen LogP contribution in [0, 0.1) is 0 Å². The first-order valence-electron chi connectivity index (χ1n) is 17.7. The number of benzene rings is 5.